The Morgan fingerprint density at radius 3 is 2.70 bits per heavy atom. The number of benzene rings is 1. The number of carbonyl (C=O) groups excluding carboxylic acids is 1. The van der Waals surface area contributed by atoms with Crippen LogP contribution < -0.4 is 0 Å². The number of nitrogens with one attached hydrogen (secondary N) is 1. The van der Waals surface area contributed by atoms with E-state index in [9.17, 15) is 4.79 Å². The average molecular weight is 363 g/mol. The maximum Gasteiger partial charge on any atom is 0.253 e. The fraction of sp³-hybridized carbons (Fsp3) is 0.381. The largest absolute Gasteiger partial charge is 0.338 e. The number of nitrogens with zero attached hydrogens (tertiary/aromatic N) is 4. The summed E-state index contributed by atoms with van der Waals surface area (Å²) in [5.41, 5.74) is 5.18. The van der Waals surface area contributed by atoms with Crippen LogP contribution in [-0.2, 0) is 6.54 Å². The van der Waals surface area contributed by atoms with Crippen molar-refractivity contribution in [3.8, 4) is 0 Å². The van der Waals surface area contributed by atoms with Crippen molar-refractivity contribution in [3.63, 3.8) is 0 Å². The van der Waals surface area contributed by atoms with Gasteiger partial charge in [0.05, 0.1) is 12.2 Å². The Bertz CT molecular complexity index is 911. The van der Waals surface area contributed by atoms with Gasteiger partial charge in [-0.2, -0.15) is 10.2 Å². The minimum Gasteiger partial charge on any atom is -0.338 e. The van der Waals surface area contributed by atoms with Crippen LogP contribution in [0.25, 0.3) is 0 Å². The van der Waals surface area contributed by atoms with Crippen LogP contribution >= 0.6 is 0 Å². The molecule has 6 heteroatoms. The fourth-order valence-corrected chi connectivity index (χ4v) is 3.85. The first-order valence-corrected chi connectivity index (χ1v) is 9.48. The van der Waals surface area contributed by atoms with Crippen molar-refractivity contribution < 1.29 is 4.79 Å². The Morgan fingerprint density at radius 1 is 1.22 bits per heavy atom. The van der Waals surface area contributed by atoms with Gasteiger partial charge in [-0.15, -0.1) is 0 Å². The van der Waals surface area contributed by atoms with Gasteiger partial charge in [-0.05, 0) is 56.5 Å². The highest BCUT2D eigenvalue weighted by molar-refractivity contribution is 5.94. The number of aryl methyl sites for hydroxylation is 2. The molecule has 0 spiro atoms. The van der Waals surface area contributed by atoms with E-state index in [1.165, 1.54) is 0 Å². The number of aromatic nitrogens is 4. The fourth-order valence-electron chi connectivity index (χ4n) is 3.85. The maximum absolute atomic E-state index is 12.9. The van der Waals surface area contributed by atoms with E-state index in [-0.39, 0.29) is 5.91 Å². The molecule has 0 aliphatic carbocycles. The molecule has 1 amide bonds. The van der Waals surface area contributed by atoms with Gasteiger partial charge in [-0.1, -0.05) is 12.1 Å². The average Bonchev–Trinajstić information content (AvgIpc) is 3.32. The molecular weight excluding hydrogens is 338 g/mol. The number of hydrogen-bond acceptors (Lipinski definition) is 3. The van der Waals surface area contributed by atoms with Gasteiger partial charge in [0, 0.05) is 42.2 Å². The zero-order valence-corrected chi connectivity index (χ0v) is 15.9. The minimum absolute atomic E-state index is 0.108. The second-order valence-electron chi connectivity index (χ2n) is 7.38. The van der Waals surface area contributed by atoms with Gasteiger partial charge in [0.2, 0.25) is 0 Å². The van der Waals surface area contributed by atoms with Gasteiger partial charge in [-0.3, -0.25) is 14.6 Å². The Morgan fingerprint density at radius 2 is 2.04 bits per heavy atom. The lowest BCUT2D eigenvalue weighted by Gasteiger charge is -2.32. The van der Waals surface area contributed by atoms with Crippen LogP contribution in [0.1, 0.15) is 51.8 Å². The number of H-pyrrole nitrogens is 1. The summed E-state index contributed by atoms with van der Waals surface area (Å²) < 4.78 is 1.99. The first kappa shape index (κ1) is 17.5. The predicted molar refractivity (Wildman–Crippen MR) is 104 cm³/mol. The summed E-state index contributed by atoms with van der Waals surface area (Å²) in [6.45, 7) is 6.34. The molecule has 0 saturated carbocycles. The van der Waals surface area contributed by atoms with Crippen molar-refractivity contribution in [2.75, 3.05) is 13.1 Å². The molecular formula is C21H25N5O. The molecule has 1 saturated heterocycles. The van der Waals surface area contributed by atoms with Crippen molar-refractivity contribution in [2.24, 2.45) is 0 Å². The number of hydrogen-bond donors (Lipinski definition) is 1. The number of amides is 1. The summed E-state index contributed by atoms with van der Waals surface area (Å²) in [6, 6.07) is 12.0. The van der Waals surface area contributed by atoms with Gasteiger partial charge < -0.3 is 4.90 Å². The lowest BCUT2D eigenvalue weighted by Crippen LogP contribution is -2.39. The van der Waals surface area contributed by atoms with Gasteiger partial charge in [0.25, 0.3) is 5.91 Å². The van der Waals surface area contributed by atoms with Crippen molar-refractivity contribution in [1.82, 2.24) is 24.9 Å². The Kier molecular flexibility index (Phi) is 4.79. The molecule has 0 radical (unpaired) electrons. The molecule has 1 aromatic carbocycles. The molecule has 0 bridgehead atoms. The lowest BCUT2D eigenvalue weighted by molar-refractivity contribution is 0.0706. The number of piperidine rings is 1. The zero-order chi connectivity index (χ0) is 18.8. The SMILES string of the molecule is Cc1cc(C)n(Cc2ccc(C(=O)N3CCC[C@H](c4ccn[nH]4)C3)cc2)n1. The van der Waals surface area contributed by atoms with Crippen LogP contribution in [0.2, 0.25) is 0 Å². The quantitative estimate of drug-likeness (QED) is 0.773. The molecule has 140 valence electrons. The molecule has 1 fully saturated rings. The molecule has 3 aromatic rings. The topological polar surface area (TPSA) is 66.8 Å². The molecule has 3 heterocycles. The van der Waals surface area contributed by atoms with E-state index in [2.05, 4.69) is 28.3 Å². The van der Waals surface area contributed by atoms with Crippen LogP contribution in [0.4, 0.5) is 0 Å². The second-order valence-corrected chi connectivity index (χ2v) is 7.38. The zero-order valence-electron chi connectivity index (χ0n) is 15.9. The van der Waals surface area contributed by atoms with E-state index in [1.54, 1.807) is 6.20 Å². The molecule has 2 aromatic heterocycles. The summed E-state index contributed by atoms with van der Waals surface area (Å²) in [5, 5.41) is 11.6. The highest BCUT2D eigenvalue weighted by Crippen LogP contribution is 2.26. The van der Waals surface area contributed by atoms with Crippen molar-refractivity contribution in [1.29, 1.82) is 0 Å². The molecule has 1 atom stereocenters. The number of carbonyl (C=O) groups is 1. The highest BCUT2D eigenvalue weighted by Gasteiger charge is 2.26. The number of rotatable bonds is 4. The third kappa shape index (κ3) is 3.79. The summed E-state index contributed by atoms with van der Waals surface area (Å²) in [5.74, 6) is 0.451. The third-order valence-corrected chi connectivity index (χ3v) is 5.31. The summed E-state index contributed by atoms with van der Waals surface area (Å²) >= 11 is 0. The first-order chi connectivity index (χ1) is 13.1. The molecule has 27 heavy (non-hydrogen) atoms. The third-order valence-electron chi connectivity index (χ3n) is 5.31. The smallest absolute Gasteiger partial charge is 0.253 e. The number of aromatic amines is 1. The van der Waals surface area contributed by atoms with Crippen molar-refractivity contribution in [3.05, 3.63) is 70.8 Å². The molecule has 0 unspecified atom stereocenters. The molecule has 1 aliphatic rings. The van der Waals surface area contributed by atoms with E-state index in [1.807, 2.05) is 46.8 Å². The van der Waals surface area contributed by atoms with Crippen LogP contribution in [0, 0.1) is 13.8 Å². The van der Waals surface area contributed by atoms with Gasteiger partial charge in [0.15, 0.2) is 0 Å². The summed E-state index contributed by atoms with van der Waals surface area (Å²) in [7, 11) is 0. The van der Waals surface area contributed by atoms with Crippen LogP contribution in [0.15, 0.2) is 42.6 Å². The Labute approximate surface area is 159 Å². The summed E-state index contributed by atoms with van der Waals surface area (Å²) in [6.07, 6.45) is 3.89. The highest BCUT2D eigenvalue weighted by atomic mass is 16.2. The van der Waals surface area contributed by atoms with Crippen LogP contribution in [0.3, 0.4) is 0 Å². The van der Waals surface area contributed by atoms with E-state index < -0.39 is 0 Å². The van der Waals surface area contributed by atoms with E-state index in [0.717, 1.165) is 60.7 Å². The van der Waals surface area contributed by atoms with Crippen molar-refractivity contribution in [2.45, 2.75) is 39.2 Å². The monoisotopic (exact) mass is 363 g/mol. The second kappa shape index (κ2) is 7.39. The molecule has 1 aliphatic heterocycles. The van der Waals surface area contributed by atoms with E-state index in [0.29, 0.717) is 5.92 Å². The predicted octanol–water partition coefficient (Wildman–Crippen LogP) is 3.29. The van der Waals surface area contributed by atoms with Gasteiger partial charge >= 0.3 is 0 Å². The summed E-state index contributed by atoms with van der Waals surface area (Å²) in [4.78, 5) is 14.9. The normalized spacial score (nSPS) is 17.3. The first-order valence-electron chi connectivity index (χ1n) is 9.48. The Hall–Kier alpha value is -2.89. The Balaban J connectivity index is 1.43. The molecule has 4 rings (SSSR count). The van der Waals surface area contributed by atoms with Gasteiger partial charge in [0.1, 0.15) is 0 Å². The number of likely N-dealkylation sites (tertiary alicyclic amines) is 1. The van der Waals surface area contributed by atoms with Crippen molar-refractivity contribution >= 4 is 5.91 Å². The van der Waals surface area contributed by atoms with Crippen LogP contribution in [0.5, 0.6) is 0 Å². The standard InChI is InChI=1S/C21H25N5O/c1-15-12-16(2)26(24-15)13-17-5-7-18(8-6-17)21(27)25-11-3-4-19(14-25)20-9-10-22-23-20/h5-10,12,19H,3-4,11,13-14H2,1-2H3,(H,22,23)/t19-/m0/s1. The van der Waals surface area contributed by atoms with Crippen LogP contribution in [-0.4, -0.2) is 43.9 Å². The minimum atomic E-state index is 0.108. The lowest BCUT2D eigenvalue weighted by atomic mass is 9.94. The molecule has 1 N–H and O–H groups in total. The molecule has 6 nitrogen and oxygen atoms in total. The maximum atomic E-state index is 12.9. The van der Waals surface area contributed by atoms with E-state index >= 15 is 0 Å². The van der Waals surface area contributed by atoms with E-state index in [4.69, 9.17) is 0 Å². The van der Waals surface area contributed by atoms with Gasteiger partial charge in [-0.25, -0.2) is 0 Å².